The van der Waals surface area contributed by atoms with Crippen molar-refractivity contribution in [1.82, 2.24) is 5.32 Å². The minimum atomic E-state index is 0.320. The van der Waals surface area contributed by atoms with Crippen LogP contribution in [0.1, 0.15) is 31.2 Å². The first-order valence-electron chi connectivity index (χ1n) is 7.46. The van der Waals surface area contributed by atoms with E-state index in [9.17, 15) is 0 Å². The van der Waals surface area contributed by atoms with E-state index in [1.54, 1.807) is 7.11 Å². The second-order valence-corrected chi connectivity index (χ2v) is 5.71. The van der Waals surface area contributed by atoms with E-state index in [4.69, 9.17) is 14.2 Å². The topological polar surface area (TPSA) is 39.7 Å². The fourth-order valence-corrected chi connectivity index (χ4v) is 2.09. The van der Waals surface area contributed by atoms with Gasteiger partial charge in [-0.2, -0.15) is 0 Å². The highest BCUT2D eigenvalue weighted by Crippen LogP contribution is 2.29. The third kappa shape index (κ3) is 4.12. The van der Waals surface area contributed by atoms with Crippen molar-refractivity contribution in [1.29, 1.82) is 0 Å². The van der Waals surface area contributed by atoms with Gasteiger partial charge in [-0.1, -0.05) is 6.07 Å². The van der Waals surface area contributed by atoms with Crippen LogP contribution in [0.4, 0.5) is 0 Å². The summed E-state index contributed by atoms with van der Waals surface area (Å²) in [7, 11) is 1.67. The average molecular weight is 277 g/mol. The van der Waals surface area contributed by atoms with Crippen LogP contribution in [0.3, 0.4) is 0 Å². The largest absolute Gasteiger partial charge is 0.497 e. The van der Waals surface area contributed by atoms with Crippen LogP contribution in [0, 0.1) is 5.92 Å². The summed E-state index contributed by atoms with van der Waals surface area (Å²) in [5.41, 5.74) is 1.16. The van der Waals surface area contributed by atoms with Crippen molar-refractivity contribution in [3.8, 4) is 11.5 Å². The fourth-order valence-electron chi connectivity index (χ4n) is 2.09. The molecule has 2 saturated carbocycles. The monoisotopic (exact) mass is 277 g/mol. The molecule has 1 N–H and O–H groups in total. The van der Waals surface area contributed by atoms with Crippen molar-refractivity contribution in [2.75, 3.05) is 20.5 Å². The van der Waals surface area contributed by atoms with Gasteiger partial charge in [0.05, 0.1) is 13.7 Å². The molecule has 2 aliphatic carbocycles. The predicted molar refractivity (Wildman–Crippen MR) is 77.0 cm³/mol. The van der Waals surface area contributed by atoms with Crippen LogP contribution >= 0.6 is 0 Å². The van der Waals surface area contributed by atoms with Gasteiger partial charge in [0.25, 0.3) is 0 Å². The molecule has 1 aromatic carbocycles. The zero-order valence-electron chi connectivity index (χ0n) is 12.1. The minimum Gasteiger partial charge on any atom is -0.497 e. The molecule has 2 aliphatic rings. The van der Waals surface area contributed by atoms with Crippen molar-refractivity contribution in [3.05, 3.63) is 23.8 Å². The molecule has 0 atom stereocenters. The molecule has 0 unspecified atom stereocenters. The summed E-state index contributed by atoms with van der Waals surface area (Å²) in [4.78, 5) is 0. The lowest BCUT2D eigenvalue weighted by Gasteiger charge is -2.13. The number of hydrogen-bond acceptors (Lipinski definition) is 4. The van der Waals surface area contributed by atoms with Gasteiger partial charge in [0.1, 0.15) is 11.5 Å². The van der Waals surface area contributed by atoms with Crippen molar-refractivity contribution in [2.24, 2.45) is 5.92 Å². The predicted octanol–water partition coefficient (Wildman–Crippen LogP) is 2.71. The molecule has 3 rings (SSSR count). The number of hydrogen-bond donors (Lipinski definition) is 1. The molecule has 0 aliphatic heterocycles. The van der Waals surface area contributed by atoms with Gasteiger partial charge in [0, 0.05) is 24.2 Å². The number of methoxy groups -OCH3 is 1. The Morgan fingerprint density at radius 3 is 2.75 bits per heavy atom. The van der Waals surface area contributed by atoms with Crippen molar-refractivity contribution in [2.45, 2.75) is 38.3 Å². The zero-order valence-corrected chi connectivity index (χ0v) is 12.1. The van der Waals surface area contributed by atoms with E-state index in [1.807, 2.05) is 12.1 Å². The Hall–Kier alpha value is -1.26. The molecule has 4 nitrogen and oxygen atoms in total. The van der Waals surface area contributed by atoms with E-state index < -0.39 is 0 Å². The lowest BCUT2D eigenvalue weighted by molar-refractivity contribution is 0.00932. The van der Waals surface area contributed by atoms with Crippen LogP contribution in [-0.4, -0.2) is 26.6 Å². The highest BCUT2D eigenvalue weighted by molar-refractivity contribution is 5.40. The Morgan fingerprint density at radius 2 is 2.05 bits per heavy atom. The molecule has 0 heterocycles. The van der Waals surface area contributed by atoms with Gasteiger partial charge in [-0.25, -0.2) is 0 Å². The highest BCUT2D eigenvalue weighted by atomic mass is 16.7. The first-order chi connectivity index (χ1) is 9.85. The molecular formula is C16H23NO3. The van der Waals surface area contributed by atoms with E-state index >= 15 is 0 Å². The Kier molecular flexibility index (Phi) is 4.43. The fraction of sp³-hybridized carbons (Fsp3) is 0.625. The third-order valence-electron chi connectivity index (χ3n) is 3.78. The summed E-state index contributed by atoms with van der Waals surface area (Å²) >= 11 is 0. The molecule has 0 spiro atoms. The molecule has 4 heteroatoms. The third-order valence-corrected chi connectivity index (χ3v) is 3.78. The lowest BCUT2D eigenvalue weighted by Crippen LogP contribution is -2.16. The number of benzene rings is 1. The second kappa shape index (κ2) is 6.46. The molecule has 0 amide bonds. The second-order valence-electron chi connectivity index (χ2n) is 5.71. The van der Waals surface area contributed by atoms with Crippen LogP contribution in [0.5, 0.6) is 11.5 Å². The smallest absolute Gasteiger partial charge is 0.189 e. The average Bonchev–Trinajstić information content (AvgIpc) is 3.36. The van der Waals surface area contributed by atoms with E-state index in [-0.39, 0.29) is 0 Å². The Labute approximate surface area is 120 Å². The quantitative estimate of drug-likeness (QED) is 0.556. The number of ether oxygens (including phenoxy) is 3. The molecule has 0 bridgehead atoms. The maximum Gasteiger partial charge on any atom is 0.189 e. The number of nitrogens with one attached hydrogen (secondary N) is 1. The normalized spacial score (nSPS) is 18.1. The van der Waals surface area contributed by atoms with Crippen LogP contribution in [-0.2, 0) is 11.3 Å². The maximum absolute atomic E-state index is 5.77. The molecule has 20 heavy (non-hydrogen) atoms. The van der Waals surface area contributed by atoms with Gasteiger partial charge in [-0.05, 0) is 37.7 Å². The molecule has 2 fully saturated rings. The molecule has 1 aromatic rings. The zero-order chi connectivity index (χ0) is 13.8. The Bertz CT molecular complexity index is 441. The molecule has 0 radical (unpaired) electrons. The SMILES string of the molecule is COc1ccc(CNC2CC2)c(OCOCC2CC2)c1. The highest BCUT2D eigenvalue weighted by Gasteiger charge is 2.22. The van der Waals surface area contributed by atoms with E-state index in [2.05, 4.69) is 11.4 Å². The van der Waals surface area contributed by atoms with Crippen molar-refractivity contribution in [3.63, 3.8) is 0 Å². The van der Waals surface area contributed by atoms with Gasteiger partial charge in [0.2, 0.25) is 0 Å². The molecular weight excluding hydrogens is 254 g/mol. The number of rotatable bonds is 9. The van der Waals surface area contributed by atoms with Gasteiger partial charge in [0.15, 0.2) is 6.79 Å². The van der Waals surface area contributed by atoms with Crippen LogP contribution < -0.4 is 14.8 Å². The van der Waals surface area contributed by atoms with Crippen LogP contribution in [0.15, 0.2) is 18.2 Å². The lowest BCUT2D eigenvalue weighted by atomic mass is 10.2. The Balaban J connectivity index is 1.54. The summed E-state index contributed by atoms with van der Waals surface area (Å²) in [5, 5.41) is 3.51. The Morgan fingerprint density at radius 1 is 1.20 bits per heavy atom. The summed E-state index contributed by atoms with van der Waals surface area (Å²) in [6.07, 6.45) is 5.18. The summed E-state index contributed by atoms with van der Waals surface area (Å²) in [6, 6.07) is 6.66. The molecule has 110 valence electrons. The maximum atomic E-state index is 5.77. The van der Waals surface area contributed by atoms with E-state index in [0.29, 0.717) is 12.8 Å². The van der Waals surface area contributed by atoms with Gasteiger partial charge >= 0.3 is 0 Å². The van der Waals surface area contributed by atoms with Crippen LogP contribution in [0.25, 0.3) is 0 Å². The van der Waals surface area contributed by atoms with E-state index in [0.717, 1.165) is 36.1 Å². The van der Waals surface area contributed by atoms with Crippen molar-refractivity contribution < 1.29 is 14.2 Å². The standard InChI is InChI=1S/C16H23NO3/c1-18-15-7-4-13(9-17-14-5-6-14)16(8-15)20-11-19-10-12-2-3-12/h4,7-8,12,14,17H,2-3,5-6,9-11H2,1H3. The van der Waals surface area contributed by atoms with Crippen molar-refractivity contribution >= 4 is 0 Å². The summed E-state index contributed by atoms with van der Waals surface area (Å²) < 4.78 is 16.6. The summed E-state index contributed by atoms with van der Waals surface area (Å²) in [5.74, 6) is 2.44. The minimum absolute atomic E-state index is 0.320. The van der Waals surface area contributed by atoms with Crippen LogP contribution in [0.2, 0.25) is 0 Å². The first-order valence-corrected chi connectivity index (χ1v) is 7.46. The van der Waals surface area contributed by atoms with Gasteiger partial charge < -0.3 is 19.5 Å². The summed E-state index contributed by atoms with van der Waals surface area (Å²) in [6.45, 7) is 1.98. The van der Waals surface area contributed by atoms with Gasteiger partial charge in [-0.15, -0.1) is 0 Å². The van der Waals surface area contributed by atoms with E-state index in [1.165, 1.54) is 25.7 Å². The van der Waals surface area contributed by atoms with Gasteiger partial charge in [-0.3, -0.25) is 0 Å². The first kappa shape index (κ1) is 13.7. The molecule has 0 aromatic heterocycles. The molecule has 0 saturated heterocycles.